The van der Waals surface area contributed by atoms with Gasteiger partial charge in [-0.15, -0.1) is 0 Å². The highest BCUT2D eigenvalue weighted by Gasteiger charge is 2.49. The first-order valence-electron chi connectivity index (χ1n) is 6.78. The predicted molar refractivity (Wildman–Crippen MR) is 83.9 cm³/mol. The van der Waals surface area contributed by atoms with Gasteiger partial charge in [-0.05, 0) is 45.7 Å². The van der Waals surface area contributed by atoms with Crippen LogP contribution in [0.2, 0.25) is 10.0 Å². The number of nitrogens with one attached hydrogen (secondary N) is 1. The molecule has 2 atom stereocenters. The number of benzene rings is 1. The summed E-state index contributed by atoms with van der Waals surface area (Å²) in [6, 6.07) is 5.53. The average molecular weight is 317 g/mol. The molecule has 1 saturated heterocycles. The molecular weight excluding hydrogens is 295 g/mol. The second-order valence-corrected chi connectivity index (χ2v) is 7.35. The van der Waals surface area contributed by atoms with Gasteiger partial charge in [0, 0.05) is 5.92 Å². The number of halogens is 2. The molecule has 2 rings (SSSR count). The van der Waals surface area contributed by atoms with Crippen LogP contribution in [0.25, 0.3) is 0 Å². The van der Waals surface area contributed by atoms with Gasteiger partial charge in [0.1, 0.15) is 0 Å². The molecule has 20 heavy (non-hydrogen) atoms. The van der Waals surface area contributed by atoms with Crippen molar-refractivity contribution in [2.45, 2.75) is 51.4 Å². The van der Waals surface area contributed by atoms with E-state index in [9.17, 15) is 0 Å². The van der Waals surface area contributed by atoms with Crippen LogP contribution in [0.1, 0.15) is 45.7 Å². The molecule has 1 heterocycles. The zero-order valence-corrected chi connectivity index (χ0v) is 13.8. The first-order chi connectivity index (χ1) is 9.18. The minimum absolute atomic E-state index is 0.0991. The summed E-state index contributed by atoms with van der Waals surface area (Å²) in [5.41, 5.74) is 3.36. The third-order valence-corrected chi connectivity index (χ3v) is 4.88. The molecule has 5 heteroatoms. The average Bonchev–Trinajstić information content (AvgIpc) is 2.54. The number of hydrogen-bond acceptors (Lipinski definition) is 3. The highest BCUT2D eigenvalue weighted by atomic mass is 35.5. The fraction of sp³-hybridized carbons (Fsp3) is 0.600. The van der Waals surface area contributed by atoms with Gasteiger partial charge in [-0.2, -0.15) is 0 Å². The summed E-state index contributed by atoms with van der Waals surface area (Å²) in [4.78, 5) is 0. The fourth-order valence-corrected chi connectivity index (χ4v) is 3.73. The highest BCUT2D eigenvalue weighted by molar-refractivity contribution is 6.42. The van der Waals surface area contributed by atoms with E-state index < -0.39 is 0 Å². The van der Waals surface area contributed by atoms with Crippen LogP contribution in [0.5, 0.6) is 0 Å². The highest BCUT2D eigenvalue weighted by Crippen LogP contribution is 2.48. The van der Waals surface area contributed by atoms with Crippen molar-refractivity contribution in [3.63, 3.8) is 0 Å². The Balaban J connectivity index is 2.40. The summed E-state index contributed by atoms with van der Waals surface area (Å²) in [6.45, 7) is 8.38. The fourth-order valence-electron chi connectivity index (χ4n) is 3.31. The van der Waals surface area contributed by atoms with E-state index in [0.717, 1.165) is 12.0 Å². The van der Waals surface area contributed by atoms with E-state index >= 15 is 0 Å². The molecule has 1 fully saturated rings. The van der Waals surface area contributed by atoms with Gasteiger partial charge in [0.15, 0.2) is 0 Å². The molecule has 1 aliphatic heterocycles. The number of rotatable bonds is 3. The first-order valence-corrected chi connectivity index (χ1v) is 7.54. The molecule has 1 aromatic rings. The molecule has 0 bridgehead atoms. The third-order valence-electron chi connectivity index (χ3n) is 4.04. The number of hydrazine groups is 1. The second-order valence-electron chi connectivity index (χ2n) is 6.56. The van der Waals surface area contributed by atoms with Gasteiger partial charge in [-0.1, -0.05) is 35.3 Å². The standard InChI is InChI=1S/C15H22Cl2N2O/c1-14(2)8-10(15(3,4)20-14)13(19-18)9-6-5-7-11(16)12(9)17/h5-7,10,13,19H,8,18H2,1-4H3. The van der Waals surface area contributed by atoms with Crippen LogP contribution in [0.4, 0.5) is 0 Å². The number of ether oxygens (including phenoxy) is 1. The summed E-state index contributed by atoms with van der Waals surface area (Å²) in [6.07, 6.45) is 0.901. The van der Waals surface area contributed by atoms with Crippen molar-refractivity contribution in [3.8, 4) is 0 Å². The molecule has 1 aromatic carbocycles. The lowest BCUT2D eigenvalue weighted by Crippen LogP contribution is -2.41. The van der Waals surface area contributed by atoms with Crippen molar-refractivity contribution in [2.24, 2.45) is 11.8 Å². The van der Waals surface area contributed by atoms with Gasteiger partial charge in [-0.3, -0.25) is 11.3 Å². The van der Waals surface area contributed by atoms with Crippen LogP contribution in [-0.2, 0) is 4.74 Å². The molecule has 0 radical (unpaired) electrons. The number of nitrogens with two attached hydrogens (primary N) is 1. The van der Waals surface area contributed by atoms with Crippen molar-refractivity contribution in [1.82, 2.24) is 5.43 Å². The van der Waals surface area contributed by atoms with Gasteiger partial charge in [0.25, 0.3) is 0 Å². The Morgan fingerprint density at radius 2 is 1.95 bits per heavy atom. The quantitative estimate of drug-likeness (QED) is 0.652. The Labute approximate surface area is 130 Å². The van der Waals surface area contributed by atoms with Crippen molar-refractivity contribution >= 4 is 23.2 Å². The molecule has 0 spiro atoms. The van der Waals surface area contributed by atoms with Crippen molar-refractivity contribution in [2.75, 3.05) is 0 Å². The van der Waals surface area contributed by atoms with Crippen LogP contribution in [-0.4, -0.2) is 11.2 Å². The van der Waals surface area contributed by atoms with E-state index in [1.807, 2.05) is 12.1 Å². The summed E-state index contributed by atoms with van der Waals surface area (Å²) in [5, 5.41) is 1.10. The smallest absolute Gasteiger partial charge is 0.0681 e. The van der Waals surface area contributed by atoms with Gasteiger partial charge >= 0.3 is 0 Å². The van der Waals surface area contributed by atoms with Crippen LogP contribution in [0.15, 0.2) is 18.2 Å². The summed E-state index contributed by atoms with van der Waals surface area (Å²) in [7, 11) is 0. The molecule has 2 unspecified atom stereocenters. The molecule has 0 aromatic heterocycles. The van der Waals surface area contributed by atoms with Gasteiger partial charge < -0.3 is 4.74 Å². The molecule has 0 aliphatic carbocycles. The molecule has 0 saturated carbocycles. The van der Waals surface area contributed by atoms with E-state index in [-0.39, 0.29) is 23.2 Å². The Morgan fingerprint density at radius 3 is 2.45 bits per heavy atom. The molecule has 112 valence electrons. The van der Waals surface area contributed by atoms with E-state index in [4.69, 9.17) is 33.8 Å². The largest absolute Gasteiger partial charge is 0.369 e. The summed E-state index contributed by atoms with van der Waals surface area (Å²) in [5.74, 6) is 6.01. The Hall–Kier alpha value is -0.320. The van der Waals surface area contributed by atoms with E-state index in [2.05, 4.69) is 33.1 Å². The monoisotopic (exact) mass is 316 g/mol. The molecular formula is C15H22Cl2N2O. The summed E-state index contributed by atoms with van der Waals surface area (Å²) < 4.78 is 6.15. The van der Waals surface area contributed by atoms with Crippen molar-refractivity contribution in [1.29, 1.82) is 0 Å². The lowest BCUT2D eigenvalue weighted by atomic mass is 9.79. The van der Waals surface area contributed by atoms with Crippen LogP contribution < -0.4 is 11.3 Å². The predicted octanol–water partition coefficient (Wildman–Crippen LogP) is 4.09. The topological polar surface area (TPSA) is 47.3 Å². The van der Waals surface area contributed by atoms with Crippen LogP contribution in [0, 0.1) is 5.92 Å². The molecule has 1 aliphatic rings. The molecule has 3 N–H and O–H groups in total. The second kappa shape index (κ2) is 5.47. The van der Waals surface area contributed by atoms with Gasteiger partial charge in [-0.25, -0.2) is 0 Å². The van der Waals surface area contributed by atoms with Gasteiger partial charge in [0.05, 0.1) is 27.3 Å². The first kappa shape index (κ1) is 16.1. The van der Waals surface area contributed by atoms with E-state index in [0.29, 0.717) is 10.0 Å². The Kier molecular flexibility index (Phi) is 4.39. The number of hydrogen-bond donors (Lipinski definition) is 2. The van der Waals surface area contributed by atoms with Crippen LogP contribution in [0.3, 0.4) is 0 Å². The van der Waals surface area contributed by atoms with E-state index in [1.54, 1.807) is 6.07 Å². The van der Waals surface area contributed by atoms with Crippen molar-refractivity contribution < 1.29 is 4.74 Å². The normalized spacial score (nSPS) is 25.6. The minimum atomic E-state index is -0.286. The Morgan fingerprint density at radius 1 is 1.30 bits per heavy atom. The SMILES string of the molecule is CC1(C)CC(C(NN)c2cccc(Cl)c2Cl)C(C)(C)O1. The minimum Gasteiger partial charge on any atom is -0.369 e. The summed E-state index contributed by atoms with van der Waals surface area (Å²) >= 11 is 12.5. The maximum Gasteiger partial charge on any atom is 0.0681 e. The maximum absolute atomic E-state index is 6.34. The zero-order chi connectivity index (χ0) is 15.1. The van der Waals surface area contributed by atoms with Gasteiger partial charge in [0.2, 0.25) is 0 Å². The maximum atomic E-state index is 6.34. The van der Waals surface area contributed by atoms with Crippen molar-refractivity contribution in [3.05, 3.63) is 33.8 Å². The lowest BCUT2D eigenvalue weighted by molar-refractivity contribution is -0.0778. The Bertz CT molecular complexity index is 503. The zero-order valence-electron chi connectivity index (χ0n) is 12.3. The van der Waals surface area contributed by atoms with Crippen LogP contribution >= 0.6 is 23.2 Å². The van der Waals surface area contributed by atoms with E-state index in [1.165, 1.54) is 0 Å². The third kappa shape index (κ3) is 2.97. The molecule has 3 nitrogen and oxygen atoms in total. The molecule has 0 amide bonds. The lowest BCUT2D eigenvalue weighted by Gasteiger charge is -2.33.